The Labute approximate surface area is 195 Å². The SMILES string of the molecule is CCOC(C)c1noc(CNC(=NC)NCC(C)(C)Cc2cccc(Cl)c2)n1.I. The highest BCUT2D eigenvalue weighted by molar-refractivity contribution is 14.0. The second kappa shape index (κ2) is 12.3. The Morgan fingerprint density at radius 3 is 2.76 bits per heavy atom. The van der Waals surface area contributed by atoms with E-state index in [9.17, 15) is 0 Å². The van der Waals surface area contributed by atoms with Crippen molar-refractivity contribution < 1.29 is 9.26 Å². The fourth-order valence-corrected chi connectivity index (χ4v) is 3.01. The number of aliphatic imine (C=N–C) groups is 1. The fourth-order valence-electron chi connectivity index (χ4n) is 2.79. The third kappa shape index (κ3) is 8.88. The van der Waals surface area contributed by atoms with Crippen LogP contribution in [-0.4, -0.2) is 36.3 Å². The second-order valence-electron chi connectivity index (χ2n) is 7.39. The van der Waals surface area contributed by atoms with Crippen molar-refractivity contribution in [2.75, 3.05) is 20.2 Å². The number of benzene rings is 1. The number of hydrogen-bond acceptors (Lipinski definition) is 5. The fraction of sp³-hybridized carbons (Fsp3) is 0.550. The molecule has 0 spiro atoms. The first-order valence-corrected chi connectivity index (χ1v) is 9.84. The number of nitrogens with zero attached hydrogens (tertiary/aromatic N) is 3. The summed E-state index contributed by atoms with van der Waals surface area (Å²) in [5, 5.41) is 11.3. The average Bonchev–Trinajstić information content (AvgIpc) is 3.11. The van der Waals surface area contributed by atoms with E-state index in [0.717, 1.165) is 18.0 Å². The van der Waals surface area contributed by atoms with Crippen LogP contribution in [0.3, 0.4) is 0 Å². The first kappa shape index (κ1) is 25.6. The maximum Gasteiger partial charge on any atom is 0.246 e. The van der Waals surface area contributed by atoms with Gasteiger partial charge in [0.2, 0.25) is 5.89 Å². The van der Waals surface area contributed by atoms with Gasteiger partial charge in [0.25, 0.3) is 0 Å². The highest BCUT2D eigenvalue weighted by atomic mass is 127. The molecule has 0 aliphatic rings. The molecule has 1 unspecified atom stereocenters. The van der Waals surface area contributed by atoms with Crippen molar-refractivity contribution in [3.05, 3.63) is 46.6 Å². The molecule has 0 amide bonds. The molecular weight excluding hydrogens is 505 g/mol. The number of rotatable bonds is 9. The summed E-state index contributed by atoms with van der Waals surface area (Å²) in [5.41, 5.74) is 1.23. The molecule has 1 aromatic carbocycles. The largest absolute Gasteiger partial charge is 0.371 e. The van der Waals surface area contributed by atoms with Gasteiger partial charge in [0.1, 0.15) is 6.10 Å². The van der Waals surface area contributed by atoms with Gasteiger partial charge in [0.15, 0.2) is 11.8 Å². The van der Waals surface area contributed by atoms with Crippen molar-refractivity contribution >= 4 is 41.5 Å². The standard InChI is InChI=1S/C20H30ClN5O2.HI/c1-6-27-14(2)18-25-17(28-26-18)12-23-19(22-5)24-13-20(3,4)11-15-8-7-9-16(21)10-15;/h7-10,14H,6,11-13H2,1-5H3,(H2,22,23,24);1H. The average molecular weight is 536 g/mol. The van der Waals surface area contributed by atoms with E-state index >= 15 is 0 Å². The molecule has 0 saturated carbocycles. The molecule has 162 valence electrons. The van der Waals surface area contributed by atoms with E-state index in [1.165, 1.54) is 5.56 Å². The summed E-state index contributed by atoms with van der Waals surface area (Å²) >= 11 is 6.09. The molecule has 1 atom stereocenters. The molecule has 0 aliphatic carbocycles. The third-order valence-electron chi connectivity index (χ3n) is 4.20. The Hall–Kier alpha value is -1.39. The summed E-state index contributed by atoms with van der Waals surface area (Å²) in [4.78, 5) is 8.60. The van der Waals surface area contributed by atoms with E-state index in [1.807, 2.05) is 32.0 Å². The predicted octanol–water partition coefficient (Wildman–Crippen LogP) is 4.37. The molecule has 0 aliphatic heterocycles. The van der Waals surface area contributed by atoms with Crippen LogP contribution in [0.15, 0.2) is 33.8 Å². The Morgan fingerprint density at radius 1 is 1.34 bits per heavy atom. The molecule has 0 saturated heterocycles. The lowest BCUT2D eigenvalue weighted by Gasteiger charge is -2.26. The molecule has 1 aromatic heterocycles. The van der Waals surface area contributed by atoms with E-state index in [2.05, 4.69) is 45.7 Å². The summed E-state index contributed by atoms with van der Waals surface area (Å²) in [7, 11) is 1.73. The maximum absolute atomic E-state index is 6.09. The Balaban J connectivity index is 0.00000420. The summed E-state index contributed by atoms with van der Waals surface area (Å²) in [6.07, 6.45) is 0.715. The molecule has 9 heteroatoms. The molecule has 2 N–H and O–H groups in total. The van der Waals surface area contributed by atoms with E-state index < -0.39 is 0 Å². The topological polar surface area (TPSA) is 84.6 Å². The highest BCUT2D eigenvalue weighted by Crippen LogP contribution is 2.22. The Bertz CT molecular complexity index is 782. The number of guanidine groups is 1. The monoisotopic (exact) mass is 535 g/mol. The van der Waals surface area contributed by atoms with Gasteiger partial charge in [-0.2, -0.15) is 4.98 Å². The molecule has 2 rings (SSSR count). The zero-order valence-corrected chi connectivity index (χ0v) is 20.7. The summed E-state index contributed by atoms with van der Waals surface area (Å²) in [6, 6.07) is 7.97. The van der Waals surface area contributed by atoms with Crippen LogP contribution in [0.4, 0.5) is 0 Å². The molecule has 0 bridgehead atoms. The lowest BCUT2D eigenvalue weighted by Crippen LogP contribution is -2.42. The van der Waals surface area contributed by atoms with Crippen molar-refractivity contribution in [1.29, 1.82) is 0 Å². The number of nitrogens with one attached hydrogen (secondary N) is 2. The Kier molecular flexibility index (Phi) is 10.9. The van der Waals surface area contributed by atoms with Crippen molar-refractivity contribution in [2.24, 2.45) is 10.4 Å². The van der Waals surface area contributed by atoms with Crippen LogP contribution in [0.1, 0.15) is 51.1 Å². The van der Waals surface area contributed by atoms with Gasteiger partial charge in [-0.15, -0.1) is 24.0 Å². The van der Waals surface area contributed by atoms with Gasteiger partial charge >= 0.3 is 0 Å². The van der Waals surface area contributed by atoms with Gasteiger partial charge < -0.3 is 19.9 Å². The van der Waals surface area contributed by atoms with E-state index in [-0.39, 0.29) is 35.5 Å². The number of halogens is 2. The van der Waals surface area contributed by atoms with Gasteiger partial charge in [-0.05, 0) is 43.4 Å². The van der Waals surface area contributed by atoms with Crippen molar-refractivity contribution in [2.45, 2.75) is 46.8 Å². The summed E-state index contributed by atoms with van der Waals surface area (Å²) < 4.78 is 10.7. The summed E-state index contributed by atoms with van der Waals surface area (Å²) in [5.74, 6) is 1.71. The minimum atomic E-state index is -0.188. The third-order valence-corrected chi connectivity index (χ3v) is 4.44. The van der Waals surface area contributed by atoms with Crippen LogP contribution < -0.4 is 10.6 Å². The van der Waals surface area contributed by atoms with Crippen LogP contribution in [0.25, 0.3) is 0 Å². The second-order valence-corrected chi connectivity index (χ2v) is 7.83. The minimum Gasteiger partial charge on any atom is -0.371 e. The van der Waals surface area contributed by atoms with Crippen LogP contribution >= 0.6 is 35.6 Å². The predicted molar refractivity (Wildman–Crippen MR) is 127 cm³/mol. The zero-order chi connectivity index (χ0) is 20.6. The quantitative estimate of drug-likeness (QED) is 0.282. The molecule has 0 radical (unpaired) electrons. The van der Waals surface area contributed by atoms with Gasteiger partial charge in [-0.25, -0.2) is 0 Å². The molecule has 1 heterocycles. The smallest absolute Gasteiger partial charge is 0.246 e. The van der Waals surface area contributed by atoms with Gasteiger partial charge in [0.05, 0.1) is 6.54 Å². The maximum atomic E-state index is 6.09. The first-order valence-electron chi connectivity index (χ1n) is 9.46. The molecule has 2 aromatic rings. The molecule has 29 heavy (non-hydrogen) atoms. The van der Waals surface area contributed by atoms with Crippen molar-refractivity contribution in [1.82, 2.24) is 20.8 Å². The van der Waals surface area contributed by atoms with E-state index in [1.54, 1.807) is 7.05 Å². The van der Waals surface area contributed by atoms with Crippen molar-refractivity contribution in [3.63, 3.8) is 0 Å². The lowest BCUT2D eigenvalue weighted by molar-refractivity contribution is 0.0683. The first-order chi connectivity index (χ1) is 13.3. The normalized spacial score (nSPS) is 13.0. The van der Waals surface area contributed by atoms with Crippen LogP contribution in [0.5, 0.6) is 0 Å². The van der Waals surface area contributed by atoms with E-state index in [4.69, 9.17) is 20.9 Å². The molecule has 7 nitrogen and oxygen atoms in total. The molecular formula is C20H31ClIN5O2. The lowest BCUT2D eigenvalue weighted by atomic mass is 9.86. The van der Waals surface area contributed by atoms with Gasteiger partial charge in [-0.1, -0.05) is 42.7 Å². The van der Waals surface area contributed by atoms with Gasteiger partial charge in [-0.3, -0.25) is 4.99 Å². The highest BCUT2D eigenvalue weighted by Gasteiger charge is 2.20. The van der Waals surface area contributed by atoms with Crippen LogP contribution in [0.2, 0.25) is 5.02 Å². The van der Waals surface area contributed by atoms with Crippen LogP contribution in [0, 0.1) is 5.41 Å². The molecule has 0 fully saturated rings. The number of hydrogen-bond donors (Lipinski definition) is 2. The minimum absolute atomic E-state index is 0. The van der Waals surface area contributed by atoms with E-state index in [0.29, 0.717) is 30.8 Å². The van der Waals surface area contributed by atoms with Gasteiger partial charge in [0, 0.05) is 25.2 Å². The number of aromatic nitrogens is 2. The summed E-state index contributed by atoms with van der Waals surface area (Å²) in [6.45, 7) is 9.97. The van der Waals surface area contributed by atoms with Crippen LogP contribution in [-0.2, 0) is 17.7 Å². The number of ether oxygens (including phenoxy) is 1. The Morgan fingerprint density at radius 2 is 2.10 bits per heavy atom. The zero-order valence-electron chi connectivity index (χ0n) is 17.7. The van der Waals surface area contributed by atoms with Crippen molar-refractivity contribution in [3.8, 4) is 0 Å².